The number of nitriles is 1. The lowest BCUT2D eigenvalue weighted by atomic mass is 9.84. The van der Waals surface area contributed by atoms with Gasteiger partial charge < -0.3 is 39.7 Å². The van der Waals surface area contributed by atoms with Gasteiger partial charge in [0.15, 0.2) is 6.29 Å². The summed E-state index contributed by atoms with van der Waals surface area (Å²) in [6.07, 6.45) is -7.09. The Morgan fingerprint density at radius 2 is 1.96 bits per heavy atom. The highest BCUT2D eigenvalue weighted by Gasteiger charge is 2.43. The van der Waals surface area contributed by atoms with Crippen LogP contribution >= 0.6 is 0 Å². The maximum absolute atomic E-state index is 10.2. The van der Waals surface area contributed by atoms with E-state index in [1.54, 1.807) is 6.07 Å². The second-order valence-corrected chi connectivity index (χ2v) is 5.92. The Hall–Kier alpha value is -1.09. The van der Waals surface area contributed by atoms with Crippen molar-refractivity contribution in [3.8, 4) is 6.07 Å². The van der Waals surface area contributed by atoms with E-state index in [2.05, 4.69) is 0 Å². The third-order valence-electron chi connectivity index (χ3n) is 4.43. The van der Waals surface area contributed by atoms with Crippen molar-refractivity contribution in [2.45, 2.75) is 61.9 Å². The molecule has 0 aromatic rings. The molecule has 0 spiro atoms. The van der Waals surface area contributed by atoms with Gasteiger partial charge >= 0.3 is 0 Å². The largest absolute Gasteiger partial charge is 0.394 e. The first kappa shape index (κ1) is 19.2. The average molecular weight is 345 g/mol. The molecule has 1 heterocycles. The van der Waals surface area contributed by atoms with Gasteiger partial charge in [0.05, 0.1) is 31.0 Å². The van der Waals surface area contributed by atoms with Crippen molar-refractivity contribution in [1.82, 2.24) is 0 Å². The molecule has 0 radical (unpaired) electrons. The monoisotopic (exact) mass is 345 g/mol. The van der Waals surface area contributed by atoms with Crippen molar-refractivity contribution in [3.05, 3.63) is 11.6 Å². The van der Waals surface area contributed by atoms with Crippen LogP contribution < -0.4 is 0 Å². The van der Waals surface area contributed by atoms with Crippen LogP contribution in [0.1, 0.15) is 12.8 Å². The summed E-state index contributed by atoms with van der Waals surface area (Å²) in [6, 6.07) is 1.80. The molecule has 1 aliphatic heterocycles. The topological polar surface area (TPSA) is 153 Å². The quantitative estimate of drug-likeness (QED) is 0.357. The van der Waals surface area contributed by atoms with Gasteiger partial charge in [0.25, 0.3) is 0 Å². The number of aliphatic hydroxyl groups excluding tert-OH is 5. The van der Waals surface area contributed by atoms with Crippen molar-refractivity contribution in [1.29, 1.82) is 5.26 Å². The molecular formula is C15H23NO8. The number of aliphatic hydroxyl groups is 5. The van der Waals surface area contributed by atoms with Crippen LogP contribution in [-0.4, -0.2) is 88.3 Å². The third-order valence-corrected chi connectivity index (χ3v) is 4.43. The van der Waals surface area contributed by atoms with Crippen LogP contribution in [0.2, 0.25) is 0 Å². The van der Waals surface area contributed by atoms with Gasteiger partial charge in [-0.2, -0.15) is 5.26 Å². The molecule has 2 rings (SSSR count). The molecule has 1 saturated carbocycles. The normalized spacial score (nSPS) is 45.1. The lowest BCUT2D eigenvalue weighted by molar-refractivity contribution is -0.272. The molecule has 0 unspecified atom stereocenters. The number of methoxy groups -OCH3 is 1. The first-order valence-electron chi connectivity index (χ1n) is 7.69. The van der Waals surface area contributed by atoms with Gasteiger partial charge in [-0.3, -0.25) is 0 Å². The fourth-order valence-electron chi connectivity index (χ4n) is 3.04. The van der Waals surface area contributed by atoms with E-state index in [-0.39, 0.29) is 18.4 Å². The molecule has 136 valence electrons. The van der Waals surface area contributed by atoms with E-state index >= 15 is 0 Å². The van der Waals surface area contributed by atoms with Crippen molar-refractivity contribution in [3.63, 3.8) is 0 Å². The Morgan fingerprint density at radius 3 is 2.54 bits per heavy atom. The van der Waals surface area contributed by atoms with Crippen LogP contribution in [0.4, 0.5) is 0 Å². The first-order valence-corrected chi connectivity index (χ1v) is 7.69. The van der Waals surface area contributed by atoms with Gasteiger partial charge in [-0.25, -0.2) is 0 Å². The van der Waals surface area contributed by atoms with Gasteiger partial charge in [-0.15, -0.1) is 0 Å². The van der Waals surface area contributed by atoms with Crippen LogP contribution in [0, 0.1) is 11.3 Å². The molecule has 2 aliphatic rings. The summed E-state index contributed by atoms with van der Waals surface area (Å²) in [7, 11) is 1.38. The second kappa shape index (κ2) is 8.33. The smallest absolute Gasteiger partial charge is 0.161 e. The number of hydrogen-bond donors (Lipinski definition) is 5. The zero-order chi connectivity index (χ0) is 17.9. The minimum absolute atomic E-state index is 0.0374. The van der Waals surface area contributed by atoms with Gasteiger partial charge in [0, 0.05) is 31.6 Å². The lowest BCUT2D eigenvalue weighted by Crippen LogP contribution is -2.54. The van der Waals surface area contributed by atoms with Crippen LogP contribution in [0.5, 0.6) is 0 Å². The van der Waals surface area contributed by atoms with Crippen LogP contribution in [0.3, 0.4) is 0 Å². The molecule has 0 aromatic carbocycles. The molecule has 9 nitrogen and oxygen atoms in total. The maximum Gasteiger partial charge on any atom is 0.161 e. The van der Waals surface area contributed by atoms with Crippen LogP contribution in [0.15, 0.2) is 11.6 Å². The highest BCUT2D eigenvalue weighted by Crippen LogP contribution is 2.32. The minimum atomic E-state index is -1.33. The minimum Gasteiger partial charge on any atom is -0.394 e. The van der Waals surface area contributed by atoms with Gasteiger partial charge in [0.2, 0.25) is 0 Å². The Morgan fingerprint density at radius 1 is 1.25 bits per heavy atom. The summed E-state index contributed by atoms with van der Waals surface area (Å²) >= 11 is 0. The van der Waals surface area contributed by atoms with E-state index in [9.17, 15) is 25.5 Å². The van der Waals surface area contributed by atoms with Crippen molar-refractivity contribution in [2.75, 3.05) is 13.7 Å². The molecule has 5 N–H and O–H groups in total. The summed E-state index contributed by atoms with van der Waals surface area (Å²) in [6.45, 7) is -0.494. The fraction of sp³-hybridized carbons (Fsp3) is 0.800. The predicted molar refractivity (Wildman–Crippen MR) is 78.4 cm³/mol. The lowest BCUT2D eigenvalue weighted by Gasteiger charge is -2.42. The molecule has 1 aliphatic carbocycles. The fourth-order valence-corrected chi connectivity index (χ4v) is 3.04. The average Bonchev–Trinajstić information content (AvgIpc) is 2.57. The number of hydrogen-bond acceptors (Lipinski definition) is 9. The standard InChI is InChI=1S/C15H23NO8/c1-22-10-5-9(7(2-3-16)13(19)15(10)21)23-12-4-8(18)14(20)11(6-17)24-12/h2,8-15,17-21H,4-6H2,1H3/b7-2+/t8-,9-,10+,11-,12-,13+,14+,15+/m1/s1. The van der Waals surface area contributed by atoms with E-state index in [4.69, 9.17) is 19.5 Å². The summed E-state index contributed by atoms with van der Waals surface area (Å²) in [5, 5.41) is 57.8. The molecule has 2 fully saturated rings. The highest BCUT2D eigenvalue weighted by atomic mass is 16.7. The van der Waals surface area contributed by atoms with Gasteiger partial charge in [-0.1, -0.05) is 0 Å². The number of ether oxygens (including phenoxy) is 3. The summed E-state index contributed by atoms with van der Waals surface area (Å²) in [5.74, 6) is 0. The zero-order valence-electron chi connectivity index (χ0n) is 13.2. The summed E-state index contributed by atoms with van der Waals surface area (Å²) < 4.78 is 16.3. The highest BCUT2D eigenvalue weighted by molar-refractivity contribution is 5.26. The van der Waals surface area contributed by atoms with E-state index in [1.165, 1.54) is 7.11 Å². The first-order chi connectivity index (χ1) is 11.4. The molecule has 9 heteroatoms. The van der Waals surface area contributed by atoms with Crippen molar-refractivity contribution >= 4 is 0 Å². The SMILES string of the molecule is CO[C@H]1C[C@@H](O[C@H]2C[C@@H](O)[C@H](O)[C@@H](CO)O2)/C(=C\C#N)[C@H](O)[C@H]1O. The molecule has 0 bridgehead atoms. The number of rotatable bonds is 4. The third kappa shape index (κ3) is 3.93. The zero-order valence-corrected chi connectivity index (χ0v) is 13.2. The Bertz CT molecular complexity index is 492. The molecule has 1 saturated heterocycles. The van der Waals surface area contributed by atoms with E-state index in [1.807, 2.05) is 0 Å². The Balaban J connectivity index is 2.13. The Labute approximate surface area is 139 Å². The summed E-state index contributed by atoms with van der Waals surface area (Å²) in [4.78, 5) is 0. The molecule has 0 amide bonds. The van der Waals surface area contributed by atoms with Gasteiger partial charge in [0.1, 0.15) is 24.4 Å². The molecule has 0 aromatic heterocycles. The van der Waals surface area contributed by atoms with E-state index < -0.39 is 55.6 Å². The maximum atomic E-state index is 10.2. The predicted octanol–water partition coefficient (Wildman–Crippen LogP) is -2.21. The number of allylic oxidation sites excluding steroid dienone is 1. The number of nitrogens with zero attached hydrogens (tertiary/aromatic N) is 1. The van der Waals surface area contributed by atoms with Crippen molar-refractivity contribution in [2.24, 2.45) is 0 Å². The van der Waals surface area contributed by atoms with E-state index in [0.717, 1.165) is 6.08 Å². The van der Waals surface area contributed by atoms with Gasteiger partial charge in [-0.05, 0) is 0 Å². The Kier molecular flexibility index (Phi) is 6.68. The van der Waals surface area contributed by atoms with Crippen LogP contribution in [0.25, 0.3) is 0 Å². The molecule has 24 heavy (non-hydrogen) atoms. The van der Waals surface area contributed by atoms with Crippen LogP contribution in [-0.2, 0) is 14.2 Å². The van der Waals surface area contributed by atoms with Crippen molar-refractivity contribution < 1.29 is 39.7 Å². The second-order valence-electron chi connectivity index (χ2n) is 5.92. The van der Waals surface area contributed by atoms with E-state index in [0.29, 0.717) is 0 Å². The summed E-state index contributed by atoms with van der Waals surface area (Å²) in [5.41, 5.74) is 0.183. The molecular weight excluding hydrogens is 322 g/mol. The molecule has 8 atom stereocenters.